The number of rotatable bonds is 9. The van der Waals surface area contributed by atoms with Crippen LogP contribution < -0.4 is 20.1 Å². The van der Waals surface area contributed by atoms with Gasteiger partial charge in [-0.05, 0) is 54.4 Å². The van der Waals surface area contributed by atoms with Crippen molar-refractivity contribution in [2.75, 3.05) is 24.9 Å². The zero-order valence-electron chi connectivity index (χ0n) is 20.9. The minimum absolute atomic E-state index is 0.177. The highest BCUT2D eigenvalue weighted by Crippen LogP contribution is 2.38. The van der Waals surface area contributed by atoms with Gasteiger partial charge in [-0.1, -0.05) is 54.6 Å². The van der Waals surface area contributed by atoms with E-state index in [2.05, 4.69) is 10.6 Å². The van der Waals surface area contributed by atoms with E-state index in [-0.39, 0.29) is 11.8 Å². The van der Waals surface area contributed by atoms with Crippen molar-refractivity contribution in [3.8, 4) is 11.5 Å². The molecular formula is C30H28N2O4S. The molecule has 0 radical (unpaired) electrons. The lowest BCUT2D eigenvalue weighted by Crippen LogP contribution is -2.19. The molecule has 7 heteroatoms. The lowest BCUT2D eigenvalue weighted by atomic mass is 10.1. The third kappa shape index (κ3) is 6.51. The maximum absolute atomic E-state index is 13.5. The van der Waals surface area contributed by atoms with Crippen LogP contribution in [0.25, 0.3) is 0 Å². The van der Waals surface area contributed by atoms with Crippen LogP contribution in [-0.2, 0) is 4.79 Å². The average molecular weight is 513 g/mol. The summed E-state index contributed by atoms with van der Waals surface area (Å²) in [5.74, 6) is 0.761. The highest BCUT2D eigenvalue weighted by Gasteiger charge is 2.23. The van der Waals surface area contributed by atoms with Crippen LogP contribution in [0.15, 0.2) is 102 Å². The number of benzene rings is 4. The summed E-state index contributed by atoms with van der Waals surface area (Å²) < 4.78 is 10.7. The van der Waals surface area contributed by atoms with Gasteiger partial charge in [0.15, 0.2) is 0 Å². The number of ether oxygens (including phenoxy) is 2. The molecule has 0 aliphatic rings. The van der Waals surface area contributed by atoms with Crippen LogP contribution in [0.1, 0.15) is 26.7 Å². The standard InChI is InChI=1S/C30H28N2O4S/c1-20-10-7-8-15-25(20)29(33)31-22-13-9-14-24(18-22)37-28(21-11-5-4-6-12-21)30(34)32-26-17-16-23(35-2)19-27(26)36-3/h4-19,28H,1-3H3,(H,31,33)(H,32,34). The van der Waals surface area contributed by atoms with Crippen molar-refractivity contribution in [2.45, 2.75) is 17.1 Å². The van der Waals surface area contributed by atoms with Gasteiger partial charge in [-0.15, -0.1) is 11.8 Å². The Morgan fingerprint density at radius 2 is 1.54 bits per heavy atom. The number of methoxy groups -OCH3 is 2. The molecule has 4 aromatic carbocycles. The van der Waals surface area contributed by atoms with Crippen molar-refractivity contribution in [1.82, 2.24) is 0 Å². The summed E-state index contributed by atoms with van der Waals surface area (Å²) in [4.78, 5) is 27.2. The molecule has 0 spiro atoms. The minimum Gasteiger partial charge on any atom is -0.497 e. The van der Waals surface area contributed by atoms with Gasteiger partial charge in [-0.25, -0.2) is 0 Å². The molecule has 1 atom stereocenters. The fourth-order valence-electron chi connectivity index (χ4n) is 3.81. The lowest BCUT2D eigenvalue weighted by molar-refractivity contribution is -0.115. The molecule has 0 aromatic heterocycles. The van der Waals surface area contributed by atoms with Gasteiger partial charge in [0.25, 0.3) is 5.91 Å². The van der Waals surface area contributed by atoms with Crippen LogP contribution in [0.5, 0.6) is 11.5 Å². The Morgan fingerprint density at radius 1 is 0.784 bits per heavy atom. The molecule has 0 bridgehead atoms. The first kappa shape index (κ1) is 25.9. The number of thioether (sulfide) groups is 1. The smallest absolute Gasteiger partial charge is 0.255 e. The van der Waals surface area contributed by atoms with E-state index in [1.54, 1.807) is 38.5 Å². The van der Waals surface area contributed by atoms with Crippen molar-refractivity contribution in [1.29, 1.82) is 0 Å². The minimum atomic E-state index is -0.546. The second kappa shape index (κ2) is 12.1. The predicted octanol–water partition coefficient (Wildman–Crippen LogP) is 6.74. The van der Waals surface area contributed by atoms with Crippen LogP contribution in [0, 0.1) is 6.92 Å². The zero-order chi connectivity index (χ0) is 26.2. The van der Waals surface area contributed by atoms with Crippen molar-refractivity contribution >= 4 is 35.0 Å². The van der Waals surface area contributed by atoms with Crippen molar-refractivity contribution in [3.05, 3.63) is 114 Å². The van der Waals surface area contributed by atoms with Gasteiger partial charge in [-0.2, -0.15) is 0 Å². The van der Waals surface area contributed by atoms with E-state index in [1.165, 1.54) is 11.8 Å². The number of aryl methyl sites for hydroxylation is 1. The SMILES string of the molecule is COc1ccc(NC(=O)C(Sc2cccc(NC(=O)c3ccccc3C)c2)c2ccccc2)c(OC)c1. The summed E-state index contributed by atoms with van der Waals surface area (Å²) in [7, 11) is 3.12. The van der Waals surface area contributed by atoms with Crippen LogP contribution in [0.4, 0.5) is 11.4 Å². The fourth-order valence-corrected chi connectivity index (χ4v) is 4.89. The van der Waals surface area contributed by atoms with Gasteiger partial charge in [0.05, 0.1) is 19.9 Å². The molecule has 2 amide bonds. The first-order valence-electron chi connectivity index (χ1n) is 11.7. The Morgan fingerprint density at radius 3 is 2.27 bits per heavy atom. The third-order valence-corrected chi connectivity index (χ3v) is 6.99. The molecule has 1 unspecified atom stereocenters. The molecule has 2 N–H and O–H groups in total. The first-order chi connectivity index (χ1) is 18.0. The summed E-state index contributed by atoms with van der Waals surface area (Å²) in [6, 6.07) is 29.8. The van der Waals surface area contributed by atoms with Gasteiger partial charge in [0.2, 0.25) is 5.91 Å². The molecule has 37 heavy (non-hydrogen) atoms. The van der Waals surface area contributed by atoms with Crippen molar-refractivity contribution in [3.63, 3.8) is 0 Å². The van der Waals surface area contributed by atoms with Crippen LogP contribution >= 0.6 is 11.8 Å². The van der Waals surface area contributed by atoms with Crippen LogP contribution in [0.3, 0.4) is 0 Å². The van der Waals surface area contributed by atoms with E-state index in [9.17, 15) is 9.59 Å². The number of hydrogen-bond donors (Lipinski definition) is 2. The third-order valence-electron chi connectivity index (χ3n) is 5.74. The average Bonchev–Trinajstić information content (AvgIpc) is 2.92. The quantitative estimate of drug-likeness (QED) is 0.243. The highest BCUT2D eigenvalue weighted by atomic mass is 32.2. The van der Waals surface area contributed by atoms with Gasteiger partial charge >= 0.3 is 0 Å². The molecule has 0 aliphatic carbocycles. The summed E-state index contributed by atoms with van der Waals surface area (Å²) in [5.41, 5.74) is 3.58. The number of hydrogen-bond acceptors (Lipinski definition) is 5. The van der Waals surface area contributed by atoms with E-state index in [1.807, 2.05) is 79.7 Å². The summed E-state index contributed by atoms with van der Waals surface area (Å²) >= 11 is 1.40. The summed E-state index contributed by atoms with van der Waals surface area (Å²) in [6.45, 7) is 1.90. The number of carbonyl (C=O) groups is 2. The fraction of sp³-hybridized carbons (Fsp3) is 0.133. The van der Waals surface area contributed by atoms with E-state index in [0.29, 0.717) is 28.4 Å². The second-order valence-corrected chi connectivity index (χ2v) is 9.44. The van der Waals surface area contributed by atoms with E-state index in [0.717, 1.165) is 16.0 Å². The normalized spacial score (nSPS) is 11.3. The van der Waals surface area contributed by atoms with Crippen molar-refractivity contribution < 1.29 is 19.1 Å². The van der Waals surface area contributed by atoms with Gasteiger partial charge in [-0.3, -0.25) is 9.59 Å². The molecule has 188 valence electrons. The van der Waals surface area contributed by atoms with Gasteiger partial charge < -0.3 is 20.1 Å². The molecular weight excluding hydrogens is 484 g/mol. The predicted molar refractivity (Wildman–Crippen MR) is 149 cm³/mol. The van der Waals surface area contributed by atoms with E-state index < -0.39 is 5.25 Å². The molecule has 0 saturated carbocycles. The van der Waals surface area contributed by atoms with Gasteiger partial charge in [0.1, 0.15) is 16.7 Å². The van der Waals surface area contributed by atoms with Gasteiger partial charge in [0, 0.05) is 22.2 Å². The monoisotopic (exact) mass is 512 g/mol. The summed E-state index contributed by atoms with van der Waals surface area (Å²) in [5, 5.41) is 5.42. The zero-order valence-corrected chi connectivity index (χ0v) is 21.7. The van der Waals surface area contributed by atoms with Crippen LogP contribution in [0.2, 0.25) is 0 Å². The first-order valence-corrected chi connectivity index (χ1v) is 12.6. The number of anilines is 2. The Bertz CT molecular complexity index is 1390. The van der Waals surface area contributed by atoms with E-state index >= 15 is 0 Å². The molecule has 0 saturated heterocycles. The maximum Gasteiger partial charge on any atom is 0.255 e. The molecule has 0 heterocycles. The molecule has 0 aliphatic heterocycles. The molecule has 0 fully saturated rings. The Kier molecular flexibility index (Phi) is 8.48. The Balaban J connectivity index is 1.57. The van der Waals surface area contributed by atoms with Crippen molar-refractivity contribution in [2.24, 2.45) is 0 Å². The van der Waals surface area contributed by atoms with E-state index in [4.69, 9.17) is 9.47 Å². The maximum atomic E-state index is 13.5. The van der Waals surface area contributed by atoms with Crippen LogP contribution in [-0.4, -0.2) is 26.0 Å². The molecule has 6 nitrogen and oxygen atoms in total. The lowest BCUT2D eigenvalue weighted by Gasteiger charge is -2.19. The summed E-state index contributed by atoms with van der Waals surface area (Å²) in [6.07, 6.45) is 0. The Hall–Kier alpha value is -4.23. The highest BCUT2D eigenvalue weighted by molar-refractivity contribution is 8.00. The number of nitrogens with one attached hydrogen (secondary N) is 2. The molecule has 4 aromatic rings. The molecule has 4 rings (SSSR count). The topological polar surface area (TPSA) is 76.7 Å². The second-order valence-electron chi connectivity index (χ2n) is 8.26. The number of amides is 2. The largest absolute Gasteiger partial charge is 0.497 e. The number of carbonyl (C=O) groups excluding carboxylic acids is 2. The Labute approximate surface area is 221 Å².